The second kappa shape index (κ2) is 6.14. The number of thiophene rings is 1. The fourth-order valence-electron chi connectivity index (χ4n) is 2.64. The summed E-state index contributed by atoms with van der Waals surface area (Å²) in [6, 6.07) is 3.46. The van der Waals surface area contributed by atoms with Gasteiger partial charge in [0.05, 0.1) is 0 Å². The zero-order valence-corrected chi connectivity index (χ0v) is 13.2. The van der Waals surface area contributed by atoms with Gasteiger partial charge < -0.3 is 10.6 Å². The van der Waals surface area contributed by atoms with Crippen molar-refractivity contribution in [1.29, 1.82) is 0 Å². The summed E-state index contributed by atoms with van der Waals surface area (Å²) in [5.74, 6) is 0.951. The van der Waals surface area contributed by atoms with Crippen molar-refractivity contribution >= 4 is 17.3 Å². The van der Waals surface area contributed by atoms with E-state index in [1.807, 2.05) is 18.4 Å². The van der Waals surface area contributed by atoms with Crippen molar-refractivity contribution in [2.75, 3.05) is 20.1 Å². The van der Waals surface area contributed by atoms with E-state index in [-0.39, 0.29) is 0 Å². The number of guanidine groups is 1. The zero-order chi connectivity index (χ0) is 13.9. The first kappa shape index (κ1) is 13.9. The quantitative estimate of drug-likeness (QED) is 0.657. The molecule has 2 heterocycles. The van der Waals surface area contributed by atoms with Gasteiger partial charge in [0, 0.05) is 43.6 Å². The molecule has 0 bridgehead atoms. The second-order valence-corrected chi connectivity index (χ2v) is 6.81. The SMILES string of the molecule is CN=C(NC[C@H](C)N1CCc2sccc2C1)NC1CC1. The van der Waals surface area contributed by atoms with Gasteiger partial charge in [-0.15, -0.1) is 11.3 Å². The van der Waals surface area contributed by atoms with Gasteiger partial charge in [-0.25, -0.2) is 0 Å². The highest BCUT2D eigenvalue weighted by Gasteiger charge is 2.24. The molecule has 1 aromatic heterocycles. The van der Waals surface area contributed by atoms with Gasteiger partial charge in [0.15, 0.2) is 5.96 Å². The second-order valence-electron chi connectivity index (χ2n) is 5.81. The Labute approximate surface area is 125 Å². The van der Waals surface area contributed by atoms with Crippen LogP contribution in [0.25, 0.3) is 0 Å². The minimum absolute atomic E-state index is 0.529. The van der Waals surface area contributed by atoms with Crippen LogP contribution in [0.4, 0.5) is 0 Å². The Morgan fingerprint density at radius 3 is 3.15 bits per heavy atom. The summed E-state index contributed by atoms with van der Waals surface area (Å²) in [6.07, 6.45) is 3.76. The Hall–Kier alpha value is -1.07. The smallest absolute Gasteiger partial charge is 0.191 e. The van der Waals surface area contributed by atoms with E-state index >= 15 is 0 Å². The lowest BCUT2D eigenvalue weighted by atomic mass is 10.1. The van der Waals surface area contributed by atoms with Crippen LogP contribution in [0.15, 0.2) is 16.4 Å². The third kappa shape index (κ3) is 3.33. The van der Waals surface area contributed by atoms with Crippen LogP contribution >= 0.6 is 11.3 Å². The molecule has 4 nitrogen and oxygen atoms in total. The third-order valence-corrected chi connectivity index (χ3v) is 5.19. The number of hydrogen-bond donors (Lipinski definition) is 2. The van der Waals surface area contributed by atoms with E-state index in [1.54, 1.807) is 4.88 Å². The van der Waals surface area contributed by atoms with Crippen LogP contribution in [0, 0.1) is 0 Å². The molecule has 2 aliphatic rings. The Kier molecular flexibility index (Phi) is 4.27. The van der Waals surface area contributed by atoms with Gasteiger partial charge in [0.2, 0.25) is 0 Å². The van der Waals surface area contributed by atoms with E-state index < -0.39 is 0 Å². The summed E-state index contributed by atoms with van der Waals surface area (Å²) < 4.78 is 0. The Morgan fingerprint density at radius 2 is 2.40 bits per heavy atom. The summed E-state index contributed by atoms with van der Waals surface area (Å²) in [4.78, 5) is 8.43. The van der Waals surface area contributed by atoms with E-state index in [2.05, 4.69) is 38.9 Å². The Bertz CT molecular complexity index is 478. The highest BCUT2D eigenvalue weighted by Crippen LogP contribution is 2.25. The van der Waals surface area contributed by atoms with Gasteiger partial charge >= 0.3 is 0 Å². The fraction of sp³-hybridized carbons (Fsp3) is 0.667. The molecule has 3 rings (SSSR count). The summed E-state index contributed by atoms with van der Waals surface area (Å²) in [5, 5.41) is 9.11. The van der Waals surface area contributed by atoms with Crippen molar-refractivity contribution in [1.82, 2.24) is 15.5 Å². The summed E-state index contributed by atoms with van der Waals surface area (Å²) in [5.41, 5.74) is 1.52. The van der Waals surface area contributed by atoms with Crippen LogP contribution in [0.3, 0.4) is 0 Å². The molecule has 0 aromatic carbocycles. The molecular weight excluding hydrogens is 268 g/mol. The molecule has 1 aliphatic heterocycles. The lowest BCUT2D eigenvalue weighted by Gasteiger charge is -2.32. The highest BCUT2D eigenvalue weighted by molar-refractivity contribution is 7.10. The average Bonchev–Trinajstić information content (AvgIpc) is 3.16. The van der Waals surface area contributed by atoms with Gasteiger partial charge in [-0.2, -0.15) is 0 Å². The summed E-state index contributed by atoms with van der Waals surface area (Å²) in [7, 11) is 1.85. The van der Waals surface area contributed by atoms with Crippen molar-refractivity contribution in [2.24, 2.45) is 4.99 Å². The average molecular weight is 292 g/mol. The van der Waals surface area contributed by atoms with Gasteiger partial charge in [0.25, 0.3) is 0 Å². The standard InChI is InChI=1S/C15H24N4S/c1-11(9-17-15(16-2)18-13-3-4-13)19-7-5-14-12(10-19)6-8-20-14/h6,8,11,13H,3-5,7,9-10H2,1-2H3,(H2,16,17,18)/t11-/m0/s1. The number of hydrogen-bond acceptors (Lipinski definition) is 3. The number of aliphatic imine (C=N–C) groups is 1. The van der Waals surface area contributed by atoms with Crippen LogP contribution in [0.2, 0.25) is 0 Å². The minimum atomic E-state index is 0.529. The predicted octanol–water partition coefficient (Wildman–Crippen LogP) is 1.82. The molecule has 20 heavy (non-hydrogen) atoms. The molecule has 1 aliphatic carbocycles. The third-order valence-electron chi connectivity index (χ3n) is 4.17. The predicted molar refractivity (Wildman–Crippen MR) is 85.4 cm³/mol. The van der Waals surface area contributed by atoms with Gasteiger partial charge in [0.1, 0.15) is 0 Å². The first-order valence-corrected chi connectivity index (χ1v) is 8.40. The van der Waals surface area contributed by atoms with Crippen molar-refractivity contribution in [3.05, 3.63) is 21.9 Å². The first-order chi connectivity index (χ1) is 9.76. The van der Waals surface area contributed by atoms with Gasteiger partial charge in [-0.3, -0.25) is 9.89 Å². The maximum Gasteiger partial charge on any atom is 0.191 e. The van der Waals surface area contributed by atoms with Gasteiger partial charge in [-0.05, 0) is 43.2 Å². The molecular formula is C15H24N4S. The normalized spacial score (nSPS) is 21.4. The van der Waals surface area contributed by atoms with Crippen molar-refractivity contribution in [3.63, 3.8) is 0 Å². The fourth-order valence-corrected chi connectivity index (χ4v) is 3.53. The van der Waals surface area contributed by atoms with E-state index in [4.69, 9.17) is 0 Å². The number of fused-ring (bicyclic) bond motifs is 1. The molecule has 1 fully saturated rings. The van der Waals surface area contributed by atoms with Crippen molar-refractivity contribution in [3.8, 4) is 0 Å². The molecule has 2 N–H and O–H groups in total. The van der Waals surface area contributed by atoms with Crippen molar-refractivity contribution in [2.45, 2.75) is 44.8 Å². The van der Waals surface area contributed by atoms with Crippen LogP contribution in [0.5, 0.6) is 0 Å². The summed E-state index contributed by atoms with van der Waals surface area (Å²) >= 11 is 1.90. The molecule has 0 unspecified atom stereocenters. The molecule has 110 valence electrons. The monoisotopic (exact) mass is 292 g/mol. The topological polar surface area (TPSA) is 39.7 Å². The Morgan fingerprint density at radius 1 is 1.55 bits per heavy atom. The first-order valence-electron chi connectivity index (χ1n) is 7.52. The van der Waals surface area contributed by atoms with E-state index in [0.29, 0.717) is 12.1 Å². The van der Waals surface area contributed by atoms with Crippen molar-refractivity contribution < 1.29 is 0 Å². The molecule has 0 radical (unpaired) electrons. The minimum Gasteiger partial charge on any atom is -0.355 e. The number of nitrogens with zero attached hydrogens (tertiary/aromatic N) is 2. The molecule has 0 saturated heterocycles. The lowest BCUT2D eigenvalue weighted by Crippen LogP contribution is -2.47. The molecule has 0 spiro atoms. The number of rotatable bonds is 4. The van der Waals surface area contributed by atoms with Gasteiger partial charge in [-0.1, -0.05) is 0 Å². The summed E-state index contributed by atoms with van der Waals surface area (Å²) in [6.45, 7) is 5.52. The van der Waals surface area contributed by atoms with Crippen LogP contribution in [0.1, 0.15) is 30.2 Å². The van der Waals surface area contributed by atoms with E-state index in [9.17, 15) is 0 Å². The Balaban J connectivity index is 1.48. The molecule has 1 saturated carbocycles. The zero-order valence-electron chi connectivity index (χ0n) is 12.4. The lowest BCUT2D eigenvalue weighted by molar-refractivity contribution is 0.192. The van der Waals surface area contributed by atoms with E-state index in [1.165, 1.54) is 31.4 Å². The maximum absolute atomic E-state index is 4.29. The molecule has 1 atom stereocenters. The molecule has 1 aromatic rings. The van der Waals surface area contributed by atoms with Crippen LogP contribution in [-0.2, 0) is 13.0 Å². The van der Waals surface area contributed by atoms with Crippen LogP contribution < -0.4 is 10.6 Å². The van der Waals surface area contributed by atoms with E-state index in [0.717, 1.165) is 19.0 Å². The largest absolute Gasteiger partial charge is 0.355 e. The highest BCUT2D eigenvalue weighted by atomic mass is 32.1. The molecule has 0 amide bonds. The molecule has 5 heteroatoms. The maximum atomic E-state index is 4.29. The number of nitrogens with one attached hydrogen (secondary N) is 2. The van der Waals surface area contributed by atoms with Crippen LogP contribution in [-0.4, -0.2) is 43.1 Å².